The minimum atomic E-state index is -4.47. The summed E-state index contributed by atoms with van der Waals surface area (Å²) in [6, 6.07) is -2.01. The lowest BCUT2D eigenvalue weighted by Crippen LogP contribution is -2.48. The first kappa shape index (κ1) is 13.2. The van der Waals surface area contributed by atoms with E-state index < -0.39 is 24.7 Å². The number of carbonyl (C=O) groups excluding carboxylic acids is 1. The maximum atomic E-state index is 11.9. The summed E-state index contributed by atoms with van der Waals surface area (Å²) in [5.41, 5.74) is 4.78. The van der Waals surface area contributed by atoms with Gasteiger partial charge in [0.15, 0.2) is 0 Å². The molecule has 0 saturated heterocycles. The largest absolute Gasteiger partial charge is 0.405 e. The number of amides is 1. The highest BCUT2D eigenvalue weighted by Gasteiger charge is 2.36. The van der Waals surface area contributed by atoms with Crippen LogP contribution in [0.25, 0.3) is 0 Å². The van der Waals surface area contributed by atoms with Gasteiger partial charge < -0.3 is 16.0 Å². The van der Waals surface area contributed by atoms with Crippen molar-refractivity contribution in [2.45, 2.75) is 12.2 Å². The highest BCUT2D eigenvalue weighted by Crippen LogP contribution is 2.17. The van der Waals surface area contributed by atoms with Crippen LogP contribution in [0.2, 0.25) is 0 Å². The minimum Gasteiger partial charge on any atom is -0.353 e. The summed E-state index contributed by atoms with van der Waals surface area (Å²) in [4.78, 5) is 12.5. The Labute approximate surface area is 80.2 Å². The zero-order valence-corrected chi connectivity index (χ0v) is 8.06. The quantitative estimate of drug-likeness (QED) is 0.665. The van der Waals surface area contributed by atoms with Gasteiger partial charge in [-0.2, -0.15) is 13.2 Å². The van der Waals surface area contributed by atoms with Gasteiger partial charge in [-0.3, -0.25) is 4.79 Å². The Kier molecular flexibility index (Phi) is 4.86. The number of likely N-dealkylation sites (N-methyl/N-ethyl adjacent to an activating group) is 1. The maximum Gasteiger partial charge on any atom is 0.405 e. The van der Waals surface area contributed by atoms with E-state index in [2.05, 4.69) is 5.32 Å². The molecule has 4 nitrogen and oxygen atoms in total. The van der Waals surface area contributed by atoms with Crippen LogP contribution >= 0.6 is 0 Å². The Bertz CT molecular complexity index is 193. The first-order valence-corrected chi connectivity index (χ1v) is 3.97. The molecule has 0 aromatic carbocycles. The molecule has 0 aliphatic rings. The molecule has 0 aliphatic carbocycles. The number of halogens is 3. The van der Waals surface area contributed by atoms with Gasteiger partial charge in [-0.1, -0.05) is 0 Å². The number of hydrogen-bond acceptors (Lipinski definition) is 3. The van der Waals surface area contributed by atoms with E-state index in [1.54, 1.807) is 19.0 Å². The van der Waals surface area contributed by atoms with Crippen LogP contribution in [0.3, 0.4) is 0 Å². The molecule has 0 radical (unpaired) electrons. The standard InChI is InChI=1S/C7H14F3N3O/c1-13(2)4-6(14)12-3-5(11)7(8,9)10/h5H,3-4,11H2,1-2H3,(H,12,14). The smallest absolute Gasteiger partial charge is 0.353 e. The maximum absolute atomic E-state index is 11.9. The summed E-state index contributed by atoms with van der Waals surface area (Å²) in [6.45, 7) is -0.541. The van der Waals surface area contributed by atoms with E-state index >= 15 is 0 Å². The minimum absolute atomic E-state index is 0.0462. The van der Waals surface area contributed by atoms with E-state index in [9.17, 15) is 18.0 Å². The second kappa shape index (κ2) is 5.16. The van der Waals surface area contributed by atoms with Crippen LogP contribution in [-0.2, 0) is 4.79 Å². The van der Waals surface area contributed by atoms with Crippen molar-refractivity contribution < 1.29 is 18.0 Å². The molecule has 84 valence electrons. The summed E-state index contributed by atoms with van der Waals surface area (Å²) in [5, 5.41) is 2.09. The van der Waals surface area contributed by atoms with E-state index in [0.717, 1.165) is 0 Å². The van der Waals surface area contributed by atoms with Crippen LogP contribution in [0.1, 0.15) is 0 Å². The molecule has 3 N–H and O–H groups in total. The Morgan fingerprint density at radius 2 is 2.00 bits per heavy atom. The summed E-state index contributed by atoms with van der Waals surface area (Å²) in [7, 11) is 3.28. The molecule has 14 heavy (non-hydrogen) atoms. The normalized spacial score (nSPS) is 14.2. The topological polar surface area (TPSA) is 58.4 Å². The monoisotopic (exact) mass is 213 g/mol. The molecule has 1 unspecified atom stereocenters. The van der Waals surface area contributed by atoms with E-state index in [0.29, 0.717) is 0 Å². The van der Waals surface area contributed by atoms with Gasteiger partial charge in [-0.15, -0.1) is 0 Å². The average molecular weight is 213 g/mol. The first-order chi connectivity index (χ1) is 6.23. The van der Waals surface area contributed by atoms with Crippen LogP contribution in [0.4, 0.5) is 13.2 Å². The lowest BCUT2D eigenvalue weighted by molar-refractivity contribution is -0.147. The van der Waals surface area contributed by atoms with Crippen LogP contribution in [0, 0.1) is 0 Å². The highest BCUT2D eigenvalue weighted by molar-refractivity contribution is 5.77. The van der Waals surface area contributed by atoms with Crippen molar-refractivity contribution in [3.05, 3.63) is 0 Å². The van der Waals surface area contributed by atoms with Crippen molar-refractivity contribution in [1.82, 2.24) is 10.2 Å². The van der Waals surface area contributed by atoms with Crippen molar-refractivity contribution in [3.8, 4) is 0 Å². The van der Waals surface area contributed by atoms with Gasteiger partial charge in [0, 0.05) is 6.54 Å². The Balaban J connectivity index is 3.78. The predicted molar refractivity (Wildman–Crippen MR) is 45.6 cm³/mol. The first-order valence-electron chi connectivity index (χ1n) is 3.97. The molecule has 1 atom stereocenters. The number of rotatable bonds is 4. The molecule has 0 aliphatic heterocycles. The van der Waals surface area contributed by atoms with Crippen LogP contribution < -0.4 is 11.1 Å². The van der Waals surface area contributed by atoms with E-state index in [1.807, 2.05) is 0 Å². The van der Waals surface area contributed by atoms with Crippen LogP contribution in [0.5, 0.6) is 0 Å². The van der Waals surface area contributed by atoms with Crippen molar-refractivity contribution in [3.63, 3.8) is 0 Å². The van der Waals surface area contributed by atoms with Gasteiger partial charge in [0.1, 0.15) is 6.04 Å². The Morgan fingerprint density at radius 3 is 2.36 bits per heavy atom. The van der Waals surface area contributed by atoms with E-state index in [4.69, 9.17) is 5.73 Å². The number of carbonyl (C=O) groups is 1. The second-order valence-electron chi connectivity index (χ2n) is 3.19. The summed E-state index contributed by atoms with van der Waals surface area (Å²) in [6.07, 6.45) is -4.47. The fraction of sp³-hybridized carbons (Fsp3) is 0.857. The molecule has 7 heteroatoms. The molecule has 0 rings (SSSR count). The molecule has 0 aromatic rings. The summed E-state index contributed by atoms with van der Waals surface area (Å²) >= 11 is 0. The fourth-order valence-electron chi connectivity index (χ4n) is 0.683. The van der Waals surface area contributed by atoms with Gasteiger partial charge >= 0.3 is 6.18 Å². The number of nitrogens with two attached hydrogens (primary N) is 1. The third-order valence-corrected chi connectivity index (χ3v) is 1.40. The second-order valence-corrected chi connectivity index (χ2v) is 3.19. The van der Waals surface area contributed by atoms with Gasteiger partial charge in [0.05, 0.1) is 6.54 Å². The number of alkyl halides is 3. The fourth-order valence-corrected chi connectivity index (χ4v) is 0.683. The summed E-state index contributed by atoms with van der Waals surface area (Å²) < 4.78 is 35.6. The third kappa shape index (κ3) is 5.76. The molecular weight excluding hydrogens is 199 g/mol. The van der Waals surface area contributed by atoms with Gasteiger partial charge in [-0.05, 0) is 14.1 Å². The summed E-state index contributed by atoms with van der Waals surface area (Å²) in [5.74, 6) is -0.477. The third-order valence-electron chi connectivity index (χ3n) is 1.40. The number of nitrogens with one attached hydrogen (secondary N) is 1. The lowest BCUT2D eigenvalue weighted by atomic mass is 10.3. The predicted octanol–water partition coefficient (Wildman–Crippen LogP) is -0.446. The molecule has 0 aromatic heterocycles. The van der Waals surface area contributed by atoms with Crippen molar-refractivity contribution in [2.24, 2.45) is 5.73 Å². The molecule has 0 spiro atoms. The zero-order chi connectivity index (χ0) is 11.4. The number of nitrogens with zero attached hydrogens (tertiary/aromatic N) is 1. The van der Waals surface area contributed by atoms with Crippen LogP contribution in [0.15, 0.2) is 0 Å². The molecular formula is C7H14F3N3O. The van der Waals surface area contributed by atoms with Gasteiger partial charge in [0.2, 0.25) is 5.91 Å². The van der Waals surface area contributed by atoms with E-state index in [1.165, 1.54) is 0 Å². The number of hydrogen-bond donors (Lipinski definition) is 2. The Morgan fingerprint density at radius 1 is 1.50 bits per heavy atom. The van der Waals surface area contributed by atoms with Crippen molar-refractivity contribution in [2.75, 3.05) is 27.2 Å². The van der Waals surface area contributed by atoms with Gasteiger partial charge in [0.25, 0.3) is 0 Å². The molecule has 0 fully saturated rings. The molecule has 0 saturated carbocycles. The molecule has 0 heterocycles. The zero-order valence-electron chi connectivity index (χ0n) is 8.06. The molecule has 0 bridgehead atoms. The van der Waals surface area contributed by atoms with Crippen molar-refractivity contribution in [1.29, 1.82) is 0 Å². The van der Waals surface area contributed by atoms with E-state index in [-0.39, 0.29) is 6.54 Å². The Hall–Kier alpha value is -0.820. The molecule has 1 amide bonds. The lowest BCUT2D eigenvalue weighted by Gasteiger charge is -2.16. The van der Waals surface area contributed by atoms with Crippen molar-refractivity contribution >= 4 is 5.91 Å². The van der Waals surface area contributed by atoms with Gasteiger partial charge in [-0.25, -0.2) is 0 Å². The average Bonchev–Trinajstić information content (AvgIpc) is 1.96. The SMILES string of the molecule is CN(C)CC(=O)NCC(N)C(F)(F)F. The van der Waals surface area contributed by atoms with Crippen LogP contribution in [-0.4, -0.2) is 50.2 Å². The highest BCUT2D eigenvalue weighted by atomic mass is 19.4.